The molecule has 3 aromatic carbocycles. The first-order chi connectivity index (χ1) is 17.8. The third kappa shape index (κ3) is 4.58. The molecule has 1 amide bonds. The Hall–Kier alpha value is -4.09. The van der Waals surface area contributed by atoms with Crippen LogP contribution in [0.1, 0.15) is 22.3 Å². The lowest BCUT2D eigenvalue weighted by molar-refractivity contribution is -0.384. The van der Waals surface area contributed by atoms with Crippen LogP contribution < -0.4 is 9.11 Å². The van der Waals surface area contributed by atoms with Crippen molar-refractivity contribution >= 4 is 48.9 Å². The highest BCUT2D eigenvalue weighted by molar-refractivity contribution is 7.92. The van der Waals surface area contributed by atoms with Crippen molar-refractivity contribution in [2.24, 2.45) is 4.99 Å². The molecule has 2 heterocycles. The van der Waals surface area contributed by atoms with Gasteiger partial charge >= 0.3 is 0 Å². The second-order valence-electron chi connectivity index (χ2n) is 8.44. The highest BCUT2D eigenvalue weighted by Crippen LogP contribution is 2.32. The van der Waals surface area contributed by atoms with E-state index in [-0.39, 0.29) is 16.1 Å². The maximum Gasteiger partial charge on any atom is 0.279 e. The van der Waals surface area contributed by atoms with Crippen LogP contribution in [0.25, 0.3) is 10.2 Å². The van der Waals surface area contributed by atoms with Gasteiger partial charge < -0.3 is 4.57 Å². The number of aromatic nitrogens is 1. The number of nitro benzene ring substituents is 1. The summed E-state index contributed by atoms with van der Waals surface area (Å²) in [7, 11) is -3.80. The quantitative estimate of drug-likeness (QED) is 0.202. The van der Waals surface area contributed by atoms with Gasteiger partial charge in [-0.3, -0.25) is 19.2 Å². The predicted molar refractivity (Wildman–Crippen MR) is 142 cm³/mol. The molecule has 1 aromatic heterocycles. The predicted octanol–water partition coefficient (Wildman–Crippen LogP) is 4.68. The minimum Gasteiger partial charge on any atom is -0.312 e. The van der Waals surface area contributed by atoms with E-state index in [1.807, 2.05) is 18.2 Å². The van der Waals surface area contributed by atoms with Crippen LogP contribution in [0, 0.1) is 10.1 Å². The smallest absolute Gasteiger partial charge is 0.279 e. The zero-order valence-corrected chi connectivity index (χ0v) is 21.2. The number of carbonyl (C=O) groups excluding carboxylic acids is 1. The maximum absolute atomic E-state index is 13.4. The molecule has 1 aliphatic heterocycles. The number of nitro groups is 1. The fourth-order valence-electron chi connectivity index (χ4n) is 4.36. The van der Waals surface area contributed by atoms with Crippen molar-refractivity contribution in [3.8, 4) is 0 Å². The number of amides is 1. The van der Waals surface area contributed by atoms with Gasteiger partial charge in [0.2, 0.25) is 0 Å². The van der Waals surface area contributed by atoms with Gasteiger partial charge in [0.05, 0.1) is 25.7 Å². The molecule has 1 aliphatic rings. The molecule has 37 heavy (non-hydrogen) atoms. The summed E-state index contributed by atoms with van der Waals surface area (Å²) in [5.41, 5.74) is 2.42. The molecule has 0 radical (unpaired) electrons. The normalized spacial score (nSPS) is 13.9. The van der Waals surface area contributed by atoms with Gasteiger partial charge in [0.25, 0.3) is 21.6 Å². The number of hydrogen-bond donors (Lipinski definition) is 0. The molecule has 0 atom stereocenters. The Bertz CT molecular complexity index is 1720. The standard InChI is InChI=1S/C26H22N4O5S2/c1-2-15-28-23-17-20(30(32)33)11-14-24(23)36-26(28)27-25(31)19-9-12-21(13-10-19)37(34,35)29-16-5-7-18-6-3-4-8-22(18)29/h2-4,6,8-14,17H,1,5,7,15-16H2. The third-order valence-electron chi connectivity index (χ3n) is 6.14. The summed E-state index contributed by atoms with van der Waals surface area (Å²) < 4.78 is 30.6. The minimum atomic E-state index is -3.80. The first-order valence-corrected chi connectivity index (χ1v) is 13.7. The number of sulfonamides is 1. The van der Waals surface area contributed by atoms with Crippen LogP contribution in [0.5, 0.6) is 0 Å². The third-order valence-corrected chi connectivity index (χ3v) is 9.03. The van der Waals surface area contributed by atoms with E-state index >= 15 is 0 Å². The van der Waals surface area contributed by atoms with Crippen molar-refractivity contribution in [2.45, 2.75) is 24.3 Å². The number of para-hydroxylation sites is 1. The molecule has 4 aromatic rings. The largest absolute Gasteiger partial charge is 0.312 e. The number of hydrogen-bond acceptors (Lipinski definition) is 6. The average molecular weight is 535 g/mol. The summed E-state index contributed by atoms with van der Waals surface area (Å²) in [6, 6.07) is 17.7. The second-order valence-corrected chi connectivity index (χ2v) is 11.3. The van der Waals surface area contributed by atoms with Crippen LogP contribution in [0.2, 0.25) is 0 Å². The molecule has 0 N–H and O–H groups in total. The van der Waals surface area contributed by atoms with Crippen LogP contribution in [0.15, 0.2) is 89.3 Å². The lowest BCUT2D eigenvalue weighted by Crippen LogP contribution is -2.35. The van der Waals surface area contributed by atoms with Crippen LogP contribution in [0.3, 0.4) is 0 Å². The summed E-state index contributed by atoms with van der Waals surface area (Å²) in [4.78, 5) is 28.4. The van der Waals surface area contributed by atoms with Crippen molar-refractivity contribution in [1.82, 2.24) is 4.57 Å². The lowest BCUT2D eigenvalue weighted by atomic mass is 10.0. The number of benzene rings is 3. The molecule has 0 bridgehead atoms. The van der Waals surface area contributed by atoms with Crippen molar-refractivity contribution in [1.29, 1.82) is 0 Å². The van der Waals surface area contributed by atoms with E-state index in [0.29, 0.717) is 29.1 Å². The van der Waals surface area contributed by atoms with Crippen LogP contribution in [-0.4, -0.2) is 30.4 Å². The van der Waals surface area contributed by atoms with Gasteiger partial charge in [-0.15, -0.1) is 6.58 Å². The van der Waals surface area contributed by atoms with Crippen molar-refractivity contribution in [3.05, 3.63) is 105 Å². The molecule has 0 spiro atoms. The fourth-order valence-corrected chi connectivity index (χ4v) is 6.92. The van der Waals surface area contributed by atoms with Crippen LogP contribution in [-0.2, 0) is 23.0 Å². The summed E-state index contributed by atoms with van der Waals surface area (Å²) in [6.07, 6.45) is 3.18. The average Bonchev–Trinajstić information content (AvgIpc) is 3.24. The monoisotopic (exact) mass is 534 g/mol. The number of carbonyl (C=O) groups is 1. The molecule has 0 saturated carbocycles. The zero-order chi connectivity index (χ0) is 26.2. The van der Waals surface area contributed by atoms with Gasteiger partial charge in [-0.05, 0) is 54.8 Å². The summed E-state index contributed by atoms with van der Waals surface area (Å²) >= 11 is 1.23. The number of nitrogens with zero attached hydrogens (tertiary/aromatic N) is 4. The highest BCUT2D eigenvalue weighted by atomic mass is 32.2. The first kappa shape index (κ1) is 24.6. The number of allylic oxidation sites excluding steroid dienone is 1. The Morgan fingerprint density at radius 1 is 1.14 bits per heavy atom. The number of rotatable bonds is 6. The molecule has 0 fully saturated rings. The van der Waals surface area contributed by atoms with Gasteiger partial charge in [-0.25, -0.2) is 8.42 Å². The van der Waals surface area contributed by atoms with Gasteiger partial charge in [-0.2, -0.15) is 4.99 Å². The van der Waals surface area contributed by atoms with Crippen molar-refractivity contribution in [3.63, 3.8) is 0 Å². The molecular weight excluding hydrogens is 512 g/mol. The summed E-state index contributed by atoms with van der Waals surface area (Å²) in [6.45, 7) is 4.43. The van der Waals surface area contributed by atoms with E-state index in [1.54, 1.807) is 22.8 Å². The Labute approximate surface area is 216 Å². The molecule has 5 rings (SSSR count). The molecule has 188 valence electrons. The van der Waals surface area contributed by atoms with E-state index in [4.69, 9.17) is 0 Å². The summed E-state index contributed by atoms with van der Waals surface area (Å²) in [5.74, 6) is -0.550. The van der Waals surface area contributed by atoms with E-state index in [2.05, 4.69) is 11.6 Å². The summed E-state index contributed by atoms with van der Waals surface area (Å²) in [5, 5.41) is 11.2. The zero-order valence-electron chi connectivity index (χ0n) is 19.6. The Morgan fingerprint density at radius 3 is 2.62 bits per heavy atom. The highest BCUT2D eigenvalue weighted by Gasteiger charge is 2.29. The molecule has 9 nitrogen and oxygen atoms in total. The second kappa shape index (κ2) is 9.75. The van der Waals surface area contributed by atoms with Crippen LogP contribution >= 0.6 is 11.3 Å². The Balaban J connectivity index is 1.47. The minimum absolute atomic E-state index is 0.0610. The van der Waals surface area contributed by atoms with Gasteiger partial charge in [0.1, 0.15) is 0 Å². The molecule has 11 heteroatoms. The molecule has 0 unspecified atom stereocenters. The fraction of sp³-hybridized carbons (Fsp3) is 0.154. The SMILES string of the molecule is C=CCn1c(=NC(=O)c2ccc(S(=O)(=O)N3CCCc4ccccc43)cc2)sc2ccc([N+](=O)[O-])cc21. The maximum atomic E-state index is 13.4. The lowest BCUT2D eigenvalue weighted by Gasteiger charge is -2.30. The van der Waals surface area contributed by atoms with Gasteiger partial charge in [0, 0.05) is 30.8 Å². The van der Waals surface area contributed by atoms with Gasteiger partial charge in [-0.1, -0.05) is 35.6 Å². The molecule has 0 saturated heterocycles. The number of anilines is 1. The van der Waals surface area contributed by atoms with Crippen LogP contribution in [0.4, 0.5) is 11.4 Å². The van der Waals surface area contributed by atoms with Crippen molar-refractivity contribution in [2.75, 3.05) is 10.8 Å². The molecule has 0 aliphatic carbocycles. The topological polar surface area (TPSA) is 115 Å². The van der Waals surface area contributed by atoms with E-state index in [1.165, 1.54) is 52.0 Å². The Kier molecular flexibility index (Phi) is 6.48. The van der Waals surface area contributed by atoms with Gasteiger partial charge in [0.15, 0.2) is 4.80 Å². The molecular formula is C26H22N4O5S2. The van der Waals surface area contributed by atoms with E-state index in [9.17, 15) is 23.3 Å². The van der Waals surface area contributed by atoms with E-state index < -0.39 is 20.9 Å². The van der Waals surface area contributed by atoms with E-state index in [0.717, 1.165) is 23.1 Å². The number of non-ortho nitro benzene ring substituents is 1. The first-order valence-electron chi connectivity index (χ1n) is 11.5. The number of thiazole rings is 1. The number of fused-ring (bicyclic) bond motifs is 2. The Morgan fingerprint density at radius 2 is 1.89 bits per heavy atom. The van der Waals surface area contributed by atoms with Crippen molar-refractivity contribution < 1.29 is 18.1 Å². The number of aryl methyl sites for hydroxylation is 1.